The fourth-order valence-corrected chi connectivity index (χ4v) is 2.49. The highest BCUT2D eigenvalue weighted by Crippen LogP contribution is 2.20. The molecule has 2 aromatic rings. The van der Waals surface area contributed by atoms with Gasteiger partial charge in [0.05, 0.1) is 11.9 Å². The second kappa shape index (κ2) is 5.31. The van der Waals surface area contributed by atoms with E-state index < -0.39 is 0 Å². The molecule has 0 aliphatic carbocycles. The quantitative estimate of drug-likeness (QED) is 0.802. The van der Waals surface area contributed by atoms with E-state index in [4.69, 9.17) is 0 Å². The molecule has 4 nitrogen and oxygen atoms in total. The molecular formula is C12H18N4S. The lowest BCUT2D eigenvalue weighted by Crippen LogP contribution is -2.02. The van der Waals surface area contributed by atoms with Gasteiger partial charge in [0.1, 0.15) is 0 Å². The molecule has 2 rings (SSSR count). The average Bonchev–Trinajstić information content (AvgIpc) is 2.82. The Hall–Kier alpha value is -1.36. The van der Waals surface area contributed by atoms with E-state index in [0.717, 1.165) is 30.2 Å². The number of aromatic amines is 1. The third kappa shape index (κ3) is 3.06. The van der Waals surface area contributed by atoms with Crippen molar-refractivity contribution in [2.75, 3.05) is 11.9 Å². The molecule has 0 atom stereocenters. The van der Waals surface area contributed by atoms with Gasteiger partial charge in [-0.15, -0.1) is 11.3 Å². The van der Waals surface area contributed by atoms with Gasteiger partial charge in [0.25, 0.3) is 0 Å². The van der Waals surface area contributed by atoms with Gasteiger partial charge in [-0.2, -0.15) is 5.10 Å². The van der Waals surface area contributed by atoms with Crippen LogP contribution in [0, 0.1) is 20.8 Å². The maximum absolute atomic E-state index is 4.45. The SMILES string of the molecule is Cc1nc(NCCCc2cn[nH]c2C)sc1C. The van der Waals surface area contributed by atoms with Crippen molar-refractivity contribution in [3.05, 3.63) is 28.0 Å². The molecule has 0 aliphatic heterocycles. The molecule has 0 radical (unpaired) electrons. The number of aryl methyl sites for hydroxylation is 4. The number of anilines is 1. The highest BCUT2D eigenvalue weighted by molar-refractivity contribution is 7.15. The summed E-state index contributed by atoms with van der Waals surface area (Å²) in [6.07, 6.45) is 4.06. The summed E-state index contributed by atoms with van der Waals surface area (Å²) in [6.45, 7) is 7.17. The van der Waals surface area contributed by atoms with Crippen molar-refractivity contribution in [1.29, 1.82) is 0 Å². The molecule has 5 heteroatoms. The Kier molecular flexibility index (Phi) is 3.78. The van der Waals surface area contributed by atoms with Crippen LogP contribution < -0.4 is 5.32 Å². The first kappa shape index (κ1) is 12.1. The van der Waals surface area contributed by atoms with Gasteiger partial charge in [-0.05, 0) is 39.2 Å². The number of aromatic nitrogens is 3. The number of rotatable bonds is 5. The van der Waals surface area contributed by atoms with Gasteiger partial charge in [-0.1, -0.05) is 0 Å². The number of thiazole rings is 1. The van der Waals surface area contributed by atoms with Crippen molar-refractivity contribution < 1.29 is 0 Å². The van der Waals surface area contributed by atoms with Gasteiger partial charge in [0.2, 0.25) is 0 Å². The van der Waals surface area contributed by atoms with E-state index in [1.807, 2.05) is 13.1 Å². The number of nitrogens with zero attached hydrogens (tertiary/aromatic N) is 2. The van der Waals surface area contributed by atoms with Gasteiger partial charge in [-0.25, -0.2) is 4.98 Å². The van der Waals surface area contributed by atoms with Crippen LogP contribution in [-0.4, -0.2) is 21.7 Å². The van der Waals surface area contributed by atoms with Crippen molar-refractivity contribution in [1.82, 2.24) is 15.2 Å². The molecule has 0 fully saturated rings. The number of hydrogen-bond donors (Lipinski definition) is 2. The Bertz CT molecular complexity index is 467. The second-order valence-electron chi connectivity index (χ2n) is 4.21. The summed E-state index contributed by atoms with van der Waals surface area (Å²) in [4.78, 5) is 5.74. The van der Waals surface area contributed by atoms with Crippen LogP contribution in [0.15, 0.2) is 6.20 Å². The van der Waals surface area contributed by atoms with Crippen LogP contribution in [0.1, 0.15) is 28.2 Å². The maximum atomic E-state index is 4.45. The minimum atomic E-state index is 0.955. The Morgan fingerprint density at radius 2 is 2.18 bits per heavy atom. The Balaban J connectivity index is 1.75. The lowest BCUT2D eigenvalue weighted by molar-refractivity contribution is 0.856. The zero-order valence-electron chi connectivity index (χ0n) is 10.5. The summed E-state index contributed by atoms with van der Waals surface area (Å²) in [5, 5.41) is 11.4. The van der Waals surface area contributed by atoms with Crippen LogP contribution in [0.4, 0.5) is 5.13 Å². The highest BCUT2D eigenvalue weighted by Gasteiger charge is 2.03. The van der Waals surface area contributed by atoms with E-state index >= 15 is 0 Å². The van der Waals surface area contributed by atoms with Gasteiger partial charge in [-0.3, -0.25) is 5.10 Å². The predicted molar refractivity (Wildman–Crippen MR) is 71.7 cm³/mol. The molecule has 0 unspecified atom stereocenters. The van der Waals surface area contributed by atoms with E-state index in [9.17, 15) is 0 Å². The molecule has 17 heavy (non-hydrogen) atoms. The largest absolute Gasteiger partial charge is 0.361 e. The van der Waals surface area contributed by atoms with Crippen LogP contribution in [0.3, 0.4) is 0 Å². The molecule has 0 saturated heterocycles. The molecule has 2 N–H and O–H groups in total. The fourth-order valence-electron chi connectivity index (χ4n) is 1.65. The normalized spacial score (nSPS) is 10.8. The van der Waals surface area contributed by atoms with Gasteiger partial charge in [0, 0.05) is 17.1 Å². The van der Waals surface area contributed by atoms with Gasteiger partial charge >= 0.3 is 0 Å². The van der Waals surface area contributed by atoms with Crippen LogP contribution in [0.5, 0.6) is 0 Å². The van der Waals surface area contributed by atoms with Crippen LogP contribution in [-0.2, 0) is 6.42 Å². The molecule has 92 valence electrons. The first-order valence-electron chi connectivity index (χ1n) is 5.83. The van der Waals surface area contributed by atoms with Crippen molar-refractivity contribution in [3.8, 4) is 0 Å². The Labute approximate surface area is 105 Å². The molecule has 0 aromatic carbocycles. The molecule has 0 aliphatic rings. The highest BCUT2D eigenvalue weighted by atomic mass is 32.1. The van der Waals surface area contributed by atoms with Crippen molar-refractivity contribution in [2.45, 2.75) is 33.6 Å². The first-order valence-corrected chi connectivity index (χ1v) is 6.65. The van der Waals surface area contributed by atoms with Crippen LogP contribution >= 0.6 is 11.3 Å². The minimum Gasteiger partial charge on any atom is -0.361 e. The maximum Gasteiger partial charge on any atom is 0.183 e. The first-order chi connectivity index (χ1) is 8.16. The van der Waals surface area contributed by atoms with Crippen molar-refractivity contribution >= 4 is 16.5 Å². The summed E-state index contributed by atoms with van der Waals surface area (Å²) < 4.78 is 0. The topological polar surface area (TPSA) is 53.6 Å². The molecule has 0 amide bonds. The predicted octanol–water partition coefficient (Wildman–Crippen LogP) is 2.84. The van der Waals surface area contributed by atoms with Crippen molar-refractivity contribution in [3.63, 3.8) is 0 Å². The zero-order valence-corrected chi connectivity index (χ0v) is 11.3. The summed E-state index contributed by atoms with van der Waals surface area (Å²) in [5.41, 5.74) is 3.60. The average molecular weight is 250 g/mol. The van der Waals surface area contributed by atoms with Crippen molar-refractivity contribution in [2.24, 2.45) is 0 Å². The van der Waals surface area contributed by atoms with Crippen LogP contribution in [0.25, 0.3) is 0 Å². The molecule has 0 spiro atoms. The molecule has 0 saturated carbocycles. The lowest BCUT2D eigenvalue weighted by atomic mass is 10.1. The summed E-state index contributed by atoms with van der Waals surface area (Å²) >= 11 is 1.72. The zero-order chi connectivity index (χ0) is 12.3. The van der Waals surface area contributed by atoms with E-state index in [1.165, 1.54) is 16.1 Å². The number of hydrogen-bond acceptors (Lipinski definition) is 4. The standard InChI is InChI=1S/C12H18N4S/c1-8-10(3)17-12(15-8)13-6-4-5-11-7-14-16-9(11)2/h7H,4-6H2,1-3H3,(H,13,15)(H,14,16). The van der Waals surface area contributed by atoms with E-state index in [-0.39, 0.29) is 0 Å². The van der Waals surface area contributed by atoms with Crippen LogP contribution in [0.2, 0.25) is 0 Å². The van der Waals surface area contributed by atoms with E-state index in [0.29, 0.717) is 0 Å². The van der Waals surface area contributed by atoms with Gasteiger partial charge in [0.15, 0.2) is 5.13 Å². The smallest absolute Gasteiger partial charge is 0.183 e. The fraction of sp³-hybridized carbons (Fsp3) is 0.500. The second-order valence-corrected chi connectivity index (χ2v) is 5.41. The number of H-pyrrole nitrogens is 1. The minimum absolute atomic E-state index is 0.955. The number of nitrogens with one attached hydrogen (secondary N) is 2. The molecule has 2 heterocycles. The third-order valence-corrected chi connectivity index (χ3v) is 3.89. The summed E-state index contributed by atoms with van der Waals surface area (Å²) in [6, 6.07) is 0. The molecule has 2 aromatic heterocycles. The summed E-state index contributed by atoms with van der Waals surface area (Å²) in [5.74, 6) is 0. The lowest BCUT2D eigenvalue weighted by Gasteiger charge is -2.01. The van der Waals surface area contributed by atoms with E-state index in [2.05, 4.69) is 34.3 Å². The van der Waals surface area contributed by atoms with E-state index in [1.54, 1.807) is 11.3 Å². The monoisotopic (exact) mass is 250 g/mol. The Morgan fingerprint density at radius 3 is 2.76 bits per heavy atom. The molecular weight excluding hydrogens is 232 g/mol. The Morgan fingerprint density at radius 1 is 1.35 bits per heavy atom. The summed E-state index contributed by atoms with van der Waals surface area (Å²) in [7, 11) is 0. The van der Waals surface area contributed by atoms with Gasteiger partial charge < -0.3 is 5.32 Å². The third-order valence-electron chi connectivity index (χ3n) is 2.86. The molecule has 0 bridgehead atoms.